The molecule has 2 aliphatic heterocycles. The number of hydrogen-bond donors (Lipinski definition) is 2. The van der Waals surface area contributed by atoms with Crippen LogP contribution in [0.15, 0.2) is 48.8 Å². The number of benzene rings is 1. The topological polar surface area (TPSA) is 116 Å². The van der Waals surface area contributed by atoms with E-state index in [-0.39, 0.29) is 36.7 Å². The van der Waals surface area contributed by atoms with Crippen LogP contribution in [0.5, 0.6) is 0 Å². The minimum Gasteiger partial charge on any atom is -0.481 e. The average molecular weight is 618 g/mol. The number of piperidine rings is 1. The second-order valence-electron chi connectivity index (χ2n) is 13.5. The van der Waals surface area contributed by atoms with Crippen LogP contribution in [0, 0.1) is 17.8 Å². The zero-order valence-electron chi connectivity index (χ0n) is 26.2. The van der Waals surface area contributed by atoms with Crippen molar-refractivity contribution in [2.45, 2.75) is 65.3 Å². The second-order valence-corrected chi connectivity index (χ2v) is 14.5. The first-order chi connectivity index (χ1) is 20.9. The summed E-state index contributed by atoms with van der Waals surface area (Å²) < 4.78 is 0. The summed E-state index contributed by atoms with van der Waals surface area (Å²) in [5.41, 5.74) is 2.69. The van der Waals surface area contributed by atoms with Gasteiger partial charge >= 0.3 is 5.97 Å². The summed E-state index contributed by atoms with van der Waals surface area (Å²) in [6, 6.07) is 10.6. The van der Waals surface area contributed by atoms with Gasteiger partial charge in [-0.3, -0.25) is 14.4 Å². The van der Waals surface area contributed by atoms with Crippen molar-refractivity contribution in [1.82, 2.24) is 20.2 Å². The van der Waals surface area contributed by atoms with Gasteiger partial charge in [-0.25, -0.2) is 9.97 Å². The van der Waals surface area contributed by atoms with E-state index in [1.165, 1.54) is 29.1 Å². The van der Waals surface area contributed by atoms with E-state index in [0.29, 0.717) is 16.6 Å². The number of carbonyl (C=O) groups is 3. The van der Waals surface area contributed by atoms with Crippen molar-refractivity contribution in [3.63, 3.8) is 0 Å². The fourth-order valence-corrected chi connectivity index (χ4v) is 6.78. The Labute approximate surface area is 263 Å². The Morgan fingerprint density at radius 1 is 1.00 bits per heavy atom. The van der Waals surface area contributed by atoms with Gasteiger partial charge in [-0.2, -0.15) is 0 Å². The number of anilines is 1. The molecular weight excluding hydrogens is 574 g/mol. The monoisotopic (exact) mass is 617 g/mol. The lowest BCUT2D eigenvalue weighted by molar-refractivity contribution is -0.153. The quantitative estimate of drug-likeness (QED) is 0.337. The number of carboxylic acid groups (broad SMARTS) is 1. The first kappa shape index (κ1) is 31.6. The zero-order chi connectivity index (χ0) is 31.6. The second kappa shape index (κ2) is 13.1. The van der Waals surface area contributed by atoms with E-state index in [4.69, 9.17) is 0 Å². The average Bonchev–Trinajstić information content (AvgIpc) is 3.48. The fraction of sp³-hybridized carbons (Fsp3) is 0.500. The molecule has 2 saturated heterocycles. The Bertz CT molecular complexity index is 1460. The highest BCUT2D eigenvalue weighted by Gasteiger charge is 2.39. The molecule has 2 fully saturated rings. The Hall–Kier alpha value is -3.79. The molecule has 4 heterocycles. The first-order valence-corrected chi connectivity index (χ1v) is 16.3. The molecule has 5 rings (SSSR count). The van der Waals surface area contributed by atoms with Crippen molar-refractivity contribution in [2.75, 3.05) is 31.1 Å². The van der Waals surface area contributed by atoms with Gasteiger partial charge in [0.05, 0.1) is 28.9 Å². The number of aliphatic carboxylic acids is 1. The lowest BCUT2D eigenvalue weighted by atomic mass is 9.86. The molecule has 0 spiro atoms. The molecule has 9 nitrogen and oxygen atoms in total. The van der Waals surface area contributed by atoms with Gasteiger partial charge in [0.2, 0.25) is 5.91 Å². The molecule has 2 amide bonds. The molecule has 2 aromatic heterocycles. The van der Waals surface area contributed by atoms with Gasteiger partial charge in [0.15, 0.2) is 5.82 Å². The van der Waals surface area contributed by atoms with E-state index in [9.17, 15) is 19.5 Å². The number of hydrogen-bond acceptors (Lipinski definition) is 7. The van der Waals surface area contributed by atoms with E-state index in [0.717, 1.165) is 40.7 Å². The SMILES string of the molecule is CC(C)C1CCN(c2cnc(-c3ccc(CC(NC(=O)c4ccc(C(C)(C)C)s4)C(=O)N4CC(C(=O)O)C4)cc3)nc2)CC1. The number of nitrogens with zero attached hydrogens (tertiary/aromatic N) is 4. The summed E-state index contributed by atoms with van der Waals surface area (Å²) >= 11 is 1.42. The molecule has 10 heteroatoms. The maximum absolute atomic E-state index is 13.4. The molecule has 0 saturated carbocycles. The highest BCUT2D eigenvalue weighted by atomic mass is 32.1. The van der Waals surface area contributed by atoms with Crippen molar-refractivity contribution in [1.29, 1.82) is 0 Å². The Morgan fingerprint density at radius 2 is 1.64 bits per heavy atom. The van der Waals surface area contributed by atoms with Crippen molar-refractivity contribution in [3.8, 4) is 11.4 Å². The molecule has 0 aliphatic carbocycles. The summed E-state index contributed by atoms with van der Waals surface area (Å²) in [7, 11) is 0. The van der Waals surface area contributed by atoms with Crippen molar-refractivity contribution >= 4 is 34.8 Å². The van der Waals surface area contributed by atoms with Crippen molar-refractivity contribution in [2.24, 2.45) is 17.8 Å². The number of likely N-dealkylation sites (tertiary alicyclic amines) is 1. The smallest absolute Gasteiger partial charge is 0.310 e. The Morgan fingerprint density at radius 3 is 2.18 bits per heavy atom. The highest BCUT2D eigenvalue weighted by Crippen LogP contribution is 2.30. The third-order valence-corrected chi connectivity index (χ3v) is 10.4. The maximum atomic E-state index is 13.4. The number of aromatic nitrogens is 2. The number of amides is 2. The molecule has 3 aromatic rings. The third kappa shape index (κ3) is 7.29. The standard InChI is InChI=1S/C34H43N5O4S/c1-21(2)23-12-14-38(15-13-23)26-17-35-30(36-18-26)24-8-6-22(7-9-24)16-27(32(41)39-19-25(20-39)33(42)43)37-31(40)28-10-11-29(44-28)34(3,4)5/h6-11,17-18,21,23,25,27H,12-16,19-20H2,1-5H3,(H,37,40)(H,42,43). The summed E-state index contributed by atoms with van der Waals surface area (Å²) in [6.07, 6.45) is 6.44. The summed E-state index contributed by atoms with van der Waals surface area (Å²) in [6.45, 7) is 13.2. The van der Waals surface area contributed by atoms with Gasteiger partial charge in [0.25, 0.3) is 5.91 Å². The van der Waals surface area contributed by atoms with Gasteiger partial charge < -0.3 is 20.2 Å². The number of nitrogens with one attached hydrogen (secondary N) is 1. The Kier molecular flexibility index (Phi) is 9.39. The summed E-state index contributed by atoms with van der Waals surface area (Å²) in [5.74, 6) is 0.0558. The van der Waals surface area contributed by atoms with Gasteiger partial charge in [0, 0.05) is 43.0 Å². The lowest BCUT2D eigenvalue weighted by Crippen LogP contribution is -2.59. The van der Waals surface area contributed by atoms with Gasteiger partial charge in [0.1, 0.15) is 6.04 Å². The van der Waals surface area contributed by atoms with E-state index in [1.807, 2.05) is 42.7 Å². The number of thiophene rings is 1. The van der Waals surface area contributed by atoms with Crippen LogP contribution in [0.1, 0.15) is 67.6 Å². The van der Waals surface area contributed by atoms with E-state index >= 15 is 0 Å². The van der Waals surface area contributed by atoms with Crippen LogP contribution in [0.25, 0.3) is 11.4 Å². The van der Waals surface area contributed by atoms with Crippen LogP contribution in [0.2, 0.25) is 0 Å². The molecule has 0 radical (unpaired) electrons. The lowest BCUT2D eigenvalue weighted by Gasteiger charge is -2.38. The van der Waals surface area contributed by atoms with Crippen molar-refractivity contribution < 1.29 is 19.5 Å². The van der Waals surface area contributed by atoms with Gasteiger partial charge in [-0.05, 0) is 47.8 Å². The van der Waals surface area contributed by atoms with Crippen molar-refractivity contribution in [3.05, 3.63) is 64.1 Å². The molecule has 1 aromatic carbocycles. The number of carbonyl (C=O) groups excluding carboxylic acids is 2. The first-order valence-electron chi connectivity index (χ1n) is 15.5. The number of rotatable bonds is 9. The fourth-order valence-electron chi connectivity index (χ4n) is 5.81. The molecule has 0 bridgehead atoms. The normalized spacial score (nSPS) is 17.0. The molecule has 2 N–H and O–H groups in total. The van der Waals surface area contributed by atoms with Crippen LogP contribution in [-0.4, -0.2) is 70.0 Å². The van der Waals surface area contributed by atoms with Crippen LogP contribution in [0.4, 0.5) is 5.69 Å². The van der Waals surface area contributed by atoms with Crippen LogP contribution >= 0.6 is 11.3 Å². The highest BCUT2D eigenvalue weighted by molar-refractivity contribution is 7.14. The molecule has 2 aliphatic rings. The van der Waals surface area contributed by atoms with Crippen LogP contribution < -0.4 is 10.2 Å². The maximum Gasteiger partial charge on any atom is 0.310 e. The van der Waals surface area contributed by atoms with Crippen LogP contribution in [-0.2, 0) is 21.4 Å². The largest absolute Gasteiger partial charge is 0.481 e. The number of carboxylic acids is 1. The predicted octanol–water partition coefficient (Wildman–Crippen LogP) is 5.26. The van der Waals surface area contributed by atoms with Crippen LogP contribution in [0.3, 0.4) is 0 Å². The summed E-state index contributed by atoms with van der Waals surface area (Å²) in [4.78, 5) is 52.7. The van der Waals surface area contributed by atoms with Gasteiger partial charge in [-0.15, -0.1) is 11.3 Å². The molecule has 1 atom stereocenters. The molecule has 234 valence electrons. The van der Waals surface area contributed by atoms with E-state index in [1.54, 1.807) is 6.07 Å². The molecule has 1 unspecified atom stereocenters. The van der Waals surface area contributed by atoms with E-state index < -0.39 is 17.9 Å². The van der Waals surface area contributed by atoms with Gasteiger partial charge in [-0.1, -0.05) is 58.9 Å². The molecular formula is C34H43N5O4S. The minimum atomic E-state index is -0.913. The Balaban J connectivity index is 1.26. The molecule has 44 heavy (non-hydrogen) atoms. The minimum absolute atomic E-state index is 0.0850. The predicted molar refractivity (Wildman–Crippen MR) is 173 cm³/mol. The zero-order valence-corrected chi connectivity index (χ0v) is 27.1. The third-order valence-electron chi connectivity index (χ3n) is 8.85. The summed E-state index contributed by atoms with van der Waals surface area (Å²) in [5, 5.41) is 12.2. The van der Waals surface area contributed by atoms with E-state index in [2.05, 4.69) is 54.8 Å².